The van der Waals surface area contributed by atoms with Crippen LogP contribution in [-0.2, 0) is 6.42 Å². The number of rotatable bonds is 3. The van der Waals surface area contributed by atoms with E-state index in [2.05, 4.69) is 10.3 Å². The zero-order valence-electron chi connectivity index (χ0n) is 11.0. The van der Waals surface area contributed by atoms with Crippen molar-refractivity contribution in [3.63, 3.8) is 0 Å². The first kappa shape index (κ1) is 13.4. The van der Waals surface area contributed by atoms with Gasteiger partial charge in [-0.15, -0.1) is 0 Å². The van der Waals surface area contributed by atoms with Gasteiger partial charge in [0.1, 0.15) is 11.0 Å². The number of pyridine rings is 1. The molecule has 1 aliphatic rings. The first-order valence-electron chi connectivity index (χ1n) is 6.79. The fourth-order valence-electron chi connectivity index (χ4n) is 2.78. The van der Waals surface area contributed by atoms with Gasteiger partial charge in [0.2, 0.25) is 0 Å². The maximum absolute atomic E-state index is 11.3. The minimum absolute atomic E-state index is 0.0679. The minimum Gasteiger partial charge on any atom is -0.476 e. The predicted octanol–water partition coefficient (Wildman–Crippen LogP) is 2.37. The SMILES string of the molecule is O=C(O)c1nc(CC2CCCCN2)n2c(Cl)cccc12. The molecule has 6 heteroatoms. The molecule has 2 N–H and O–H groups in total. The largest absolute Gasteiger partial charge is 0.476 e. The second-order valence-electron chi connectivity index (χ2n) is 5.10. The van der Waals surface area contributed by atoms with Crippen LogP contribution in [0.15, 0.2) is 18.2 Å². The van der Waals surface area contributed by atoms with Gasteiger partial charge in [-0.3, -0.25) is 4.40 Å². The molecule has 1 atom stereocenters. The Morgan fingerprint density at radius 3 is 3.05 bits per heavy atom. The first-order valence-corrected chi connectivity index (χ1v) is 7.17. The molecule has 1 fully saturated rings. The molecule has 0 saturated carbocycles. The number of fused-ring (bicyclic) bond motifs is 1. The number of imidazole rings is 1. The van der Waals surface area contributed by atoms with E-state index in [4.69, 9.17) is 11.6 Å². The number of carboxylic acids is 1. The minimum atomic E-state index is -1.02. The molecule has 0 aromatic carbocycles. The lowest BCUT2D eigenvalue weighted by Crippen LogP contribution is -2.36. The number of aromatic carboxylic acids is 1. The maximum atomic E-state index is 11.3. The van der Waals surface area contributed by atoms with E-state index in [9.17, 15) is 9.90 Å². The monoisotopic (exact) mass is 293 g/mol. The number of halogens is 1. The summed E-state index contributed by atoms with van der Waals surface area (Å²) in [7, 11) is 0. The number of carboxylic acid groups (broad SMARTS) is 1. The van der Waals surface area contributed by atoms with E-state index in [0.717, 1.165) is 13.0 Å². The lowest BCUT2D eigenvalue weighted by Gasteiger charge is -2.22. The fraction of sp³-hybridized carbons (Fsp3) is 0.429. The summed E-state index contributed by atoms with van der Waals surface area (Å²) in [5.41, 5.74) is 0.620. The van der Waals surface area contributed by atoms with Crippen molar-refractivity contribution in [3.05, 3.63) is 34.9 Å². The Kier molecular flexibility index (Phi) is 3.63. The summed E-state index contributed by atoms with van der Waals surface area (Å²) in [6, 6.07) is 5.57. The molecular weight excluding hydrogens is 278 g/mol. The van der Waals surface area contributed by atoms with Crippen LogP contribution in [0.5, 0.6) is 0 Å². The van der Waals surface area contributed by atoms with Crippen LogP contribution in [-0.4, -0.2) is 33.0 Å². The lowest BCUT2D eigenvalue weighted by molar-refractivity contribution is 0.0693. The van der Waals surface area contributed by atoms with Crippen LogP contribution in [0.4, 0.5) is 0 Å². The van der Waals surface area contributed by atoms with E-state index in [0.29, 0.717) is 29.0 Å². The number of hydrogen-bond donors (Lipinski definition) is 2. The number of nitrogens with zero attached hydrogens (tertiary/aromatic N) is 2. The van der Waals surface area contributed by atoms with Gasteiger partial charge in [-0.25, -0.2) is 9.78 Å². The Hall–Kier alpha value is -1.59. The van der Waals surface area contributed by atoms with Crippen molar-refractivity contribution < 1.29 is 9.90 Å². The molecule has 2 aromatic rings. The average molecular weight is 294 g/mol. The third kappa shape index (κ3) is 2.39. The maximum Gasteiger partial charge on any atom is 0.356 e. The highest BCUT2D eigenvalue weighted by molar-refractivity contribution is 6.29. The molecule has 1 aliphatic heterocycles. The van der Waals surface area contributed by atoms with Crippen LogP contribution in [0.3, 0.4) is 0 Å². The Balaban J connectivity index is 2.03. The molecule has 0 aliphatic carbocycles. The van der Waals surface area contributed by atoms with Crippen molar-refractivity contribution in [2.45, 2.75) is 31.7 Å². The standard InChI is InChI=1S/C14H16ClN3O2/c15-11-6-3-5-10-13(14(19)20)17-12(18(10)11)8-9-4-1-2-7-16-9/h3,5-6,9,16H,1-2,4,7-8H2,(H,19,20). The Morgan fingerprint density at radius 2 is 2.35 bits per heavy atom. The highest BCUT2D eigenvalue weighted by Crippen LogP contribution is 2.21. The van der Waals surface area contributed by atoms with Gasteiger partial charge < -0.3 is 10.4 Å². The van der Waals surface area contributed by atoms with Gasteiger partial charge in [0.15, 0.2) is 5.69 Å². The van der Waals surface area contributed by atoms with Crippen molar-refractivity contribution in [1.82, 2.24) is 14.7 Å². The molecule has 3 heterocycles. The number of piperidine rings is 1. The molecule has 20 heavy (non-hydrogen) atoms. The summed E-state index contributed by atoms with van der Waals surface area (Å²) in [6.45, 7) is 1.01. The Labute approximate surface area is 121 Å². The summed E-state index contributed by atoms with van der Waals surface area (Å²) < 4.78 is 1.74. The molecule has 0 radical (unpaired) electrons. The molecule has 106 valence electrons. The van der Waals surface area contributed by atoms with E-state index in [1.165, 1.54) is 12.8 Å². The van der Waals surface area contributed by atoms with E-state index < -0.39 is 5.97 Å². The van der Waals surface area contributed by atoms with Crippen LogP contribution in [0, 0.1) is 0 Å². The summed E-state index contributed by atoms with van der Waals surface area (Å²) in [6.07, 6.45) is 4.17. The fourth-order valence-corrected chi connectivity index (χ4v) is 3.04. The zero-order chi connectivity index (χ0) is 14.1. The molecule has 0 bridgehead atoms. The van der Waals surface area contributed by atoms with Gasteiger partial charge >= 0.3 is 5.97 Å². The first-order chi connectivity index (χ1) is 9.66. The average Bonchev–Trinajstić information content (AvgIpc) is 2.80. The third-order valence-electron chi connectivity index (χ3n) is 3.73. The molecule has 0 spiro atoms. The summed E-state index contributed by atoms with van der Waals surface area (Å²) >= 11 is 6.21. The van der Waals surface area contributed by atoms with Crippen molar-refractivity contribution in [1.29, 1.82) is 0 Å². The van der Waals surface area contributed by atoms with Gasteiger partial charge in [-0.2, -0.15) is 0 Å². The van der Waals surface area contributed by atoms with Crippen molar-refractivity contribution in [2.75, 3.05) is 6.54 Å². The molecule has 1 saturated heterocycles. The van der Waals surface area contributed by atoms with Crippen molar-refractivity contribution >= 4 is 23.1 Å². The van der Waals surface area contributed by atoms with E-state index in [-0.39, 0.29) is 5.69 Å². The summed E-state index contributed by atoms with van der Waals surface area (Å²) in [5, 5.41) is 13.2. The van der Waals surface area contributed by atoms with Crippen LogP contribution in [0.1, 0.15) is 35.6 Å². The highest BCUT2D eigenvalue weighted by Gasteiger charge is 2.21. The molecule has 0 amide bonds. The van der Waals surface area contributed by atoms with Gasteiger partial charge in [-0.1, -0.05) is 24.1 Å². The second-order valence-corrected chi connectivity index (χ2v) is 5.49. The Morgan fingerprint density at radius 1 is 1.50 bits per heavy atom. The lowest BCUT2D eigenvalue weighted by atomic mass is 10.0. The van der Waals surface area contributed by atoms with Gasteiger partial charge in [0.05, 0.1) is 5.52 Å². The second kappa shape index (κ2) is 5.42. The van der Waals surface area contributed by atoms with Gasteiger partial charge in [0, 0.05) is 12.5 Å². The van der Waals surface area contributed by atoms with Gasteiger partial charge in [-0.05, 0) is 31.5 Å². The summed E-state index contributed by atoms with van der Waals surface area (Å²) in [4.78, 5) is 15.6. The molecule has 3 rings (SSSR count). The number of nitrogens with one attached hydrogen (secondary N) is 1. The van der Waals surface area contributed by atoms with Gasteiger partial charge in [0.25, 0.3) is 0 Å². The topological polar surface area (TPSA) is 66.6 Å². The van der Waals surface area contributed by atoms with Crippen molar-refractivity contribution in [3.8, 4) is 0 Å². The molecule has 1 unspecified atom stereocenters. The Bertz CT molecular complexity index is 647. The quantitative estimate of drug-likeness (QED) is 0.853. The third-order valence-corrected chi connectivity index (χ3v) is 4.02. The highest BCUT2D eigenvalue weighted by atomic mass is 35.5. The molecule has 5 nitrogen and oxygen atoms in total. The van der Waals surface area contributed by atoms with Crippen LogP contribution in [0.25, 0.3) is 5.52 Å². The van der Waals surface area contributed by atoms with Crippen LogP contribution in [0.2, 0.25) is 5.15 Å². The van der Waals surface area contributed by atoms with Crippen LogP contribution >= 0.6 is 11.6 Å². The summed E-state index contributed by atoms with van der Waals surface area (Å²) in [5.74, 6) is -0.310. The van der Waals surface area contributed by atoms with Crippen molar-refractivity contribution in [2.24, 2.45) is 0 Å². The zero-order valence-corrected chi connectivity index (χ0v) is 11.7. The smallest absolute Gasteiger partial charge is 0.356 e. The van der Waals surface area contributed by atoms with E-state index >= 15 is 0 Å². The normalized spacial score (nSPS) is 19.4. The number of hydrogen-bond acceptors (Lipinski definition) is 3. The predicted molar refractivity (Wildman–Crippen MR) is 76.5 cm³/mol. The van der Waals surface area contributed by atoms with E-state index in [1.807, 2.05) is 0 Å². The van der Waals surface area contributed by atoms with Crippen LogP contribution < -0.4 is 5.32 Å². The molecular formula is C14H16ClN3O2. The number of aromatic nitrogens is 2. The number of carbonyl (C=O) groups is 1. The van der Waals surface area contributed by atoms with E-state index in [1.54, 1.807) is 22.6 Å². The molecule has 2 aromatic heterocycles.